The van der Waals surface area contributed by atoms with E-state index in [1.54, 1.807) is 43.7 Å². The zero-order chi connectivity index (χ0) is 29.3. The first kappa shape index (κ1) is 28.6. The summed E-state index contributed by atoms with van der Waals surface area (Å²) in [5.41, 5.74) is 2.96. The summed E-state index contributed by atoms with van der Waals surface area (Å²) in [5.74, 6) is 1.32. The molecule has 0 radical (unpaired) electrons. The van der Waals surface area contributed by atoms with Crippen LogP contribution in [0.15, 0.2) is 59.9 Å². The molecule has 1 N–H and O–H groups in total. The standard InChI is InChI=1S/C28H35N7O5S/c1-19(2)29-8-9-33(22-10-24(39-3)12-25(11-22)40-4)21-6-7-27-30-14-26(28(36)34(27)18-21)20-13-31-35(15-20)23-16-32(17-23)41(5,37)38/h6-7,10-15,18-19,23,29H,8-9,16-17H2,1-5H3. The monoisotopic (exact) mass is 581 g/mol. The molecule has 41 heavy (non-hydrogen) atoms. The van der Waals surface area contributed by atoms with Gasteiger partial charge in [-0.05, 0) is 12.1 Å². The SMILES string of the molecule is COc1cc(OC)cc(N(CCNC(C)C)c2ccc3ncc(-c4cnn(C5CN(S(C)(=O)=O)C5)c4)c(=O)n3c2)c1. The lowest BCUT2D eigenvalue weighted by Crippen LogP contribution is -2.50. The van der Waals surface area contributed by atoms with Crippen LogP contribution >= 0.6 is 0 Å². The summed E-state index contributed by atoms with van der Waals surface area (Å²) in [4.78, 5) is 20.3. The van der Waals surface area contributed by atoms with Gasteiger partial charge < -0.3 is 19.7 Å². The number of nitrogens with zero attached hydrogens (tertiary/aromatic N) is 6. The van der Waals surface area contributed by atoms with Gasteiger partial charge in [-0.2, -0.15) is 9.40 Å². The molecule has 0 amide bonds. The Morgan fingerprint density at radius 1 is 1.05 bits per heavy atom. The van der Waals surface area contributed by atoms with Crippen LogP contribution < -0.4 is 25.2 Å². The van der Waals surface area contributed by atoms with E-state index in [9.17, 15) is 13.2 Å². The molecule has 5 rings (SSSR count). The summed E-state index contributed by atoms with van der Waals surface area (Å²) in [6.45, 7) is 6.23. The molecule has 0 bridgehead atoms. The van der Waals surface area contributed by atoms with Crippen molar-refractivity contribution in [1.29, 1.82) is 0 Å². The predicted molar refractivity (Wildman–Crippen MR) is 158 cm³/mol. The topological polar surface area (TPSA) is 123 Å². The third-order valence-electron chi connectivity index (χ3n) is 7.12. The molecular weight excluding hydrogens is 546 g/mol. The summed E-state index contributed by atoms with van der Waals surface area (Å²) in [6, 6.07) is 9.67. The Kier molecular flexibility index (Phi) is 8.02. The Morgan fingerprint density at radius 2 is 1.76 bits per heavy atom. The van der Waals surface area contributed by atoms with Crippen LogP contribution in [0.4, 0.5) is 11.4 Å². The van der Waals surface area contributed by atoms with Crippen LogP contribution in [0, 0.1) is 0 Å². The quantitative estimate of drug-likeness (QED) is 0.285. The van der Waals surface area contributed by atoms with Crippen LogP contribution in [0.1, 0.15) is 19.9 Å². The number of hydrogen-bond acceptors (Lipinski definition) is 9. The first-order valence-corrected chi connectivity index (χ1v) is 15.2. The third kappa shape index (κ3) is 6.06. The Labute approximate surface area is 239 Å². The molecule has 1 saturated heterocycles. The van der Waals surface area contributed by atoms with Crippen molar-refractivity contribution in [3.63, 3.8) is 0 Å². The summed E-state index contributed by atoms with van der Waals surface area (Å²) >= 11 is 0. The molecule has 13 heteroatoms. The van der Waals surface area contributed by atoms with Gasteiger partial charge in [0.25, 0.3) is 5.56 Å². The van der Waals surface area contributed by atoms with Crippen molar-refractivity contribution in [3.05, 3.63) is 65.5 Å². The Balaban J connectivity index is 1.50. The molecule has 0 unspecified atom stereocenters. The van der Waals surface area contributed by atoms with Crippen molar-refractivity contribution in [1.82, 2.24) is 28.8 Å². The minimum Gasteiger partial charge on any atom is -0.497 e. The molecule has 218 valence electrons. The number of nitrogens with one attached hydrogen (secondary N) is 1. The van der Waals surface area contributed by atoms with Gasteiger partial charge in [-0.25, -0.2) is 13.4 Å². The van der Waals surface area contributed by atoms with Gasteiger partial charge in [-0.3, -0.25) is 13.9 Å². The fraction of sp³-hybridized carbons (Fsp3) is 0.393. The average Bonchev–Trinajstić information content (AvgIpc) is 3.38. The fourth-order valence-corrected chi connectivity index (χ4v) is 5.66. The smallest absolute Gasteiger partial charge is 0.265 e. The van der Waals surface area contributed by atoms with Gasteiger partial charge in [0.2, 0.25) is 10.0 Å². The number of methoxy groups -OCH3 is 2. The highest BCUT2D eigenvalue weighted by Crippen LogP contribution is 2.33. The molecule has 12 nitrogen and oxygen atoms in total. The second-order valence-electron chi connectivity index (χ2n) is 10.4. The molecule has 0 aliphatic carbocycles. The molecule has 1 fully saturated rings. The molecule has 3 aromatic heterocycles. The van der Waals surface area contributed by atoms with Crippen LogP contribution in [-0.4, -0.2) is 84.6 Å². The van der Waals surface area contributed by atoms with Gasteiger partial charge in [0.15, 0.2) is 0 Å². The Bertz CT molecular complexity index is 1690. The molecule has 1 aliphatic heterocycles. The highest BCUT2D eigenvalue weighted by molar-refractivity contribution is 7.88. The molecule has 0 atom stereocenters. The van der Waals surface area contributed by atoms with Gasteiger partial charge in [-0.1, -0.05) is 13.8 Å². The van der Waals surface area contributed by atoms with Crippen LogP contribution in [0.5, 0.6) is 11.5 Å². The molecule has 0 spiro atoms. The van der Waals surface area contributed by atoms with Gasteiger partial charge in [0.05, 0.1) is 44.0 Å². The van der Waals surface area contributed by atoms with Gasteiger partial charge in [-0.15, -0.1) is 0 Å². The van der Waals surface area contributed by atoms with E-state index in [-0.39, 0.29) is 11.6 Å². The summed E-state index contributed by atoms with van der Waals surface area (Å²) in [5, 5.41) is 7.85. The minimum absolute atomic E-state index is 0.0749. The van der Waals surface area contributed by atoms with Gasteiger partial charge in [0.1, 0.15) is 17.1 Å². The van der Waals surface area contributed by atoms with E-state index in [1.807, 2.05) is 30.3 Å². The van der Waals surface area contributed by atoms with Crippen LogP contribution in [-0.2, 0) is 10.0 Å². The molecule has 1 aliphatic rings. The van der Waals surface area contributed by atoms with Crippen molar-refractivity contribution in [3.8, 4) is 22.6 Å². The van der Waals surface area contributed by atoms with Crippen LogP contribution in [0.3, 0.4) is 0 Å². The number of ether oxygens (including phenoxy) is 2. The molecule has 1 aromatic carbocycles. The Hall–Kier alpha value is -3.94. The molecule has 4 aromatic rings. The lowest BCUT2D eigenvalue weighted by molar-refractivity contribution is 0.192. The largest absolute Gasteiger partial charge is 0.497 e. The summed E-state index contributed by atoms with van der Waals surface area (Å²) in [7, 11) is -0.00230. The predicted octanol–water partition coefficient (Wildman–Crippen LogP) is 2.53. The lowest BCUT2D eigenvalue weighted by Gasteiger charge is -2.36. The summed E-state index contributed by atoms with van der Waals surface area (Å²) in [6.07, 6.45) is 7.92. The van der Waals surface area contributed by atoms with Gasteiger partial charge >= 0.3 is 0 Å². The van der Waals surface area contributed by atoms with E-state index in [1.165, 1.54) is 15.0 Å². The zero-order valence-electron chi connectivity index (χ0n) is 23.8. The Morgan fingerprint density at radius 3 is 2.39 bits per heavy atom. The second-order valence-corrected chi connectivity index (χ2v) is 12.3. The van der Waals surface area contributed by atoms with E-state index in [4.69, 9.17) is 9.47 Å². The van der Waals surface area contributed by atoms with Crippen molar-refractivity contribution in [2.45, 2.75) is 25.9 Å². The van der Waals surface area contributed by atoms with Crippen molar-refractivity contribution in [2.75, 3.05) is 51.6 Å². The van der Waals surface area contributed by atoms with Crippen LogP contribution in [0.25, 0.3) is 16.8 Å². The lowest BCUT2D eigenvalue weighted by atomic mass is 10.1. The first-order chi connectivity index (χ1) is 19.6. The average molecular weight is 582 g/mol. The fourth-order valence-electron chi connectivity index (χ4n) is 4.78. The maximum absolute atomic E-state index is 13.7. The number of benzene rings is 1. The number of aromatic nitrogens is 4. The molecule has 4 heterocycles. The van der Waals surface area contributed by atoms with Crippen LogP contribution in [0.2, 0.25) is 0 Å². The minimum atomic E-state index is -3.23. The number of fused-ring (bicyclic) bond motifs is 1. The third-order valence-corrected chi connectivity index (χ3v) is 8.35. The number of rotatable bonds is 11. The maximum atomic E-state index is 13.7. The first-order valence-electron chi connectivity index (χ1n) is 13.3. The van der Waals surface area contributed by atoms with E-state index >= 15 is 0 Å². The number of sulfonamides is 1. The second kappa shape index (κ2) is 11.5. The normalized spacial score (nSPS) is 14.4. The highest BCUT2D eigenvalue weighted by atomic mass is 32.2. The van der Waals surface area contributed by atoms with E-state index in [0.29, 0.717) is 60.5 Å². The van der Waals surface area contributed by atoms with E-state index < -0.39 is 10.0 Å². The zero-order valence-corrected chi connectivity index (χ0v) is 24.6. The van der Waals surface area contributed by atoms with Crippen molar-refractivity contribution >= 4 is 27.0 Å². The number of pyridine rings is 1. The number of hydrogen-bond donors (Lipinski definition) is 1. The molecular formula is C28H35N7O5S. The molecule has 0 saturated carbocycles. The van der Waals surface area contributed by atoms with E-state index in [0.717, 1.165) is 11.4 Å². The van der Waals surface area contributed by atoms with Gasteiger partial charge in [0, 0.05) is 80.3 Å². The summed E-state index contributed by atoms with van der Waals surface area (Å²) < 4.78 is 39.1. The maximum Gasteiger partial charge on any atom is 0.265 e. The highest BCUT2D eigenvalue weighted by Gasteiger charge is 2.35. The number of anilines is 2. The van der Waals surface area contributed by atoms with Crippen molar-refractivity contribution < 1.29 is 17.9 Å². The van der Waals surface area contributed by atoms with Crippen molar-refractivity contribution in [2.24, 2.45) is 0 Å². The van der Waals surface area contributed by atoms with E-state index in [2.05, 4.69) is 34.1 Å².